The van der Waals surface area contributed by atoms with Crippen LogP contribution in [0.5, 0.6) is 0 Å². The first-order chi connectivity index (χ1) is 8.98. The van der Waals surface area contributed by atoms with Gasteiger partial charge in [-0.1, -0.05) is 18.2 Å². The van der Waals surface area contributed by atoms with Gasteiger partial charge in [-0.15, -0.1) is 0 Å². The Hall–Kier alpha value is -1.47. The number of nitro benzene ring substituents is 1. The van der Waals surface area contributed by atoms with Crippen LogP contribution >= 0.6 is 0 Å². The molecular weight excluding hydrogens is 268 g/mol. The molecule has 0 amide bonds. The first-order valence-electron chi connectivity index (χ1n) is 6.11. The van der Waals surface area contributed by atoms with E-state index in [0.717, 1.165) is 13.1 Å². The maximum absolute atomic E-state index is 11.9. The van der Waals surface area contributed by atoms with Crippen molar-refractivity contribution in [2.45, 2.75) is 6.42 Å². The van der Waals surface area contributed by atoms with Gasteiger partial charge in [-0.3, -0.25) is 10.1 Å². The number of nitrogens with zero attached hydrogens (tertiary/aromatic N) is 1. The lowest BCUT2D eigenvalue weighted by molar-refractivity contribution is -0.385. The lowest BCUT2D eigenvalue weighted by Crippen LogP contribution is -2.45. The normalized spacial score (nSPS) is 16.0. The van der Waals surface area contributed by atoms with Crippen molar-refractivity contribution in [3.63, 3.8) is 0 Å². The van der Waals surface area contributed by atoms with E-state index in [9.17, 15) is 18.5 Å². The summed E-state index contributed by atoms with van der Waals surface area (Å²) in [6.45, 7) is 1.48. The minimum Gasteiger partial charge on any atom is -0.316 e. The van der Waals surface area contributed by atoms with Gasteiger partial charge in [0.1, 0.15) is 0 Å². The number of sulfone groups is 1. The fourth-order valence-electron chi connectivity index (χ4n) is 2.07. The predicted molar refractivity (Wildman–Crippen MR) is 71.8 cm³/mol. The second kappa shape index (κ2) is 5.66. The van der Waals surface area contributed by atoms with Gasteiger partial charge in [-0.25, -0.2) is 8.42 Å². The van der Waals surface area contributed by atoms with Crippen molar-refractivity contribution < 1.29 is 13.3 Å². The van der Waals surface area contributed by atoms with Gasteiger partial charge < -0.3 is 5.32 Å². The zero-order valence-electron chi connectivity index (χ0n) is 10.4. The zero-order chi connectivity index (χ0) is 13.9. The highest BCUT2D eigenvalue weighted by atomic mass is 32.2. The molecule has 1 aliphatic rings. The van der Waals surface area contributed by atoms with E-state index in [1.807, 2.05) is 0 Å². The Bertz CT molecular complexity index is 567. The molecule has 1 aliphatic heterocycles. The number of nitro groups is 1. The fraction of sp³-hybridized carbons (Fsp3) is 0.500. The molecule has 104 valence electrons. The summed E-state index contributed by atoms with van der Waals surface area (Å²) < 4.78 is 23.8. The molecule has 1 aromatic rings. The van der Waals surface area contributed by atoms with Crippen LogP contribution < -0.4 is 5.32 Å². The van der Waals surface area contributed by atoms with Crippen molar-refractivity contribution >= 4 is 15.5 Å². The van der Waals surface area contributed by atoms with Crippen LogP contribution in [0.1, 0.15) is 5.56 Å². The fourth-order valence-corrected chi connectivity index (χ4v) is 3.73. The van der Waals surface area contributed by atoms with Crippen molar-refractivity contribution in [3.05, 3.63) is 39.9 Å². The first-order valence-corrected chi connectivity index (χ1v) is 7.93. The highest BCUT2D eigenvalue weighted by Crippen LogP contribution is 2.19. The summed E-state index contributed by atoms with van der Waals surface area (Å²) in [4.78, 5) is 10.4. The van der Waals surface area contributed by atoms with Crippen molar-refractivity contribution in [1.29, 1.82) is 0 Å². The van der Waals surface area contributed by atoms with E-state index in [1.54, 1.807) is 18.2 Å². The van der Waals surface area contributed by atoms with Crippen LogP contribution in [0.3, 0.4) is 0 Å². The molecule has 1 fully saturated rings. The maximum atomic E-state index is 11.9. The Labute approximate surface area is 111 Å². The molecule has 0 unspecified atom stereocenters. The molecule has 19 heavy (non-hydrogen) atoms. The van der Waals surface area contributed by atoms with E-state index in [1.165, 1.54) is 6.07 Å². The van der Waals surface area contributed by atoms with Crippen LogP contribution in [0.15, 0.2) is 24.3 Å². The first kappa shape index (κ1) is 14.0. The summed E-state index contributed by atoms with van der Waals surface area (Å²) in [5.74, 6) is 0.324. The summed E-state index contributed by atoms with van der Waals surface area (Å²) >= 11 is 0. The second-order valence-corrected chi connectivity index (χ2v) is 7.00. The minimum atomic E-state index is -3.14. The van der Waals surface area contributed by atoms with Crippen LogP contribution in [-0.2, 0) is 16.3 Å². The topological polar surface area (TPSA) is 89.3 Å². The monoisotopic (exact) mass is 284 g/mol. The van der Waals surface area contributed by atoms with Gasteiger partial charge in [0.15, 0.2) is 9.84 Å². The van der Waals surface area contributed by atoms with Crippen molar-refractivity contribution in [2.24, 2.45) is 5.92 Å². The van der Waals surface area contributed by atoms with Gasteiger partial charge in [-0.2, -0.15) is 0 Å². The van der Waals surface area contributed by atoms with E-state index < -0.39 is 14.8 Å². The third-order valence-corrected chi connectivity index (χ3v) is 5.03. The number of nitrogens with one attached hydrogen (secondary N) is 1. The average Bonchev–Trinajstić information content (AvgIpc) is 2.32. The van der Waals surface area contributed by atoms with Gasteiger partial charge in [0.25, 0.3) is 5.69 Å². The molecule has 0 spiro atoms. The molecule has 0 aliphatic carbocycles. The average molecular weight is 284 g/mol. The lowest BCUT2D eigenvalue weighted by Gasteiger charge is -2.26. The molecule has 0 radical (unpaired) electrons. The van der Waals surface area contributed by atoms with Crippen LogP contribution in [0.4, 0.5) is 5.69 Å². The SMILES string of the molecule is O=[N+]([O-])c1ccccc1CCS(=O)(=O)CC1CNC1. The van der Waals surface area contributed by atoms with E-state index in [-0.39, 0.29) is 29.5 Å². The molecule has 0 aromatic heterocycles. The molecule has 0 bridgehead atoms. The van der Waals surface area contributed by atoms with E-state index in [2.05, 4.69) is 5.32 Å². The highest BCUT2D eigenvalue weighted by Gasteiger charge is 2.24. The van der Waals surface area contributed by atoms with Crippen molar-refractivity contribution in [1.82, 2.24) is 5.32 Å². The summed E-state index contributed by atoms with van der Waals surface area (Å²) in [5, 5.41) is 13.9. The van der Waals surface area contributed by atoms with E-state index >= 15 is 0 Å². The molecule has 1 heterocycles. The highest BCUT2D eigenvalue weighted by molar-refractivity contribution is 7.91. The Balaban J connectivity index is 1.99. The summed E-state index contributed by atoms with van der Waals surface area (Å²) in [5.41, 5.74) is 0.464. The standard InChI is InChI=1S/C12H16N2O4S/c15-14(16)12-4-2-1-3-11(12)5-6-19(17,18)9-10-7-13-8-10/h1-4,10,13H,5-9H2. The van der Waals surface area contributed by atoms with Crippen LogP contribution in [0.25, 0.3) is 0 Å². The Kier molecular flexibility index (Phi) is 4.16. The number of benzene rings is 1. The number of hydrogen-bond acceptors (Lipinski definition) is 5. The molecule has 0 saturated carbocycles. The van der Waals surface area contributed by atoms with Gasteiger partial charge in [0.2, 0.25) is 0 Å². The number of aryl methyl sites for hydroxylation is 1. The summed E-state index contributed by atoms with van der Waals surface area (Å²) in [6.07, 6.45) is 0.194. The summed E-state index contributed by atoms with van der Waals surface area (Å²) in [6, 6.07) is 6.28. The van der Waals surface area contributed by atoms with Gasteiger partial charge in [0, 0.05) is 24.7 Å². The van der Waals surface area contributed by atoms with Gasteiger partial charge >= 0.3 is 0 Å². The third-order valence-electron chi connectivity index (χ3n) is 3.23. The maximum Gasteiger partial charge on any atom is 0.272 e. The van der Waals surface area contributed by atoms with Crippen molar-refractivity contribution in [2.75, 3.05) is 24.6 Å². The Morgan fingerprint density at radius 2 is 2.00 bits per heavy atom. The quantitative estimate of drug-likeness (QED) is 0.615. The summed E-state index contributed by atoms with van der Waals surface area (Å²) in [7, 11) is -3.14. The Morgan fingerprint density at radius 3 is 2.58 bits per heavy atom. The third kappa shape index (κ3) is 3.74. The van der Waals surface area contributed by atoms with E-state index in [4.69, 9.17) is 0 Å². The second-order valence-electron chi connectivity index (χ2n) is 4.77. The molecular formula is C12H16N2O4S. The predicted octanol–water partition coefficient (Wildman–Crippen LogP) is 0.772. The smallest absolute Gasteiger partial charge is 0.272 e. The van der Waals surface area contributed by atoms with Crippen LogP contribution in [-0.4, -0.2) is 37.9 Å². The number of hydrogen-bond donors (Lipinski definition) is 1. The number of rotatable bonds is 6. The molecule has 0 atom stereocenters. The van der Waals surface area contributed by atoms with Gasteiger partial charge in [0.05, 0.1) is 16.4 Å². The molecule has 1 saturated heterocycles. The van der Waals surface area contributed by atoms with E-state index in [0.29, 0.717) is 5.56 Å². The largest absolute Gasteiger partial charge is 0.316 e. The lowest BCUT2D eigenvalue weighted by atomic mass is 10.1. The molecule has 7 heteroatoms. The van der Waals surface area contributed by atoms with Gasteiger partial charge in [-0.05, 0) is 12.3 Å². The molecule has 1 aromatic carbocycles. The van der Waals surface area contributed by atoms with Crippen LogP contribution in [0.2, 0.25) is 0 Å². The minimum absolute atomic E-state index is 0.0111. The Morgan fingerprint density at radius 1 is 1.32 bits per heavy atom. The van der Waals surface area contributed by atoms with Crippen LogP contribution in [0, 0.1) is 16.0 Å². The number of para-hydroxylation sites is 1. The van der Waals surface area contributed by atoms with Crippen molar-refractivity contribution in [3.8, 4) is 0 Å². The zero-order valence-corrected chi connectivity index (χ0v) is 11.2. The molecule has 2 rings (SSSR count). The molecule has 1 N–H and O–H groups in total. The molecule has 6 nitrogen and oxygen atoms in total.